The van der Waals surface area contributed by atoms with Crippen LogP contribution < -0.4 is 4.72 Å². The zero-order valence-corrected chi connectivity index (χ0v) is 9.85. The fourth-order valence-corrected chi connectivity index (χ4v) is 1.79. The fourth-order valence-electron chi connectivity index (χ4n) is 0.883. The Hall–Kier alpha value is -0.530. The van der Waals surface area contributed by atoms with Crippen molar-refractivity contribution >= 4 is 26.0 Å². The number of rotatable bonds is 4. The lowest BCUT2D eigenvalue weighted by Crippen LogP contribution is -2.29. The Bertz CT molecular complexity index is 436. The monoisotopic (exact) mass is 299 g/mol. The molecule has 0 aromatic heterocycles. The maximum atomic E-state index is 12.0. The van der Waals surface area contributed by atoms with Crippen molar-refractivity contribution < 1.29 is 17.2 Å². The van der Waals surface area contributed by atoms with Crippen LogP contribution in [0.15, 0.2) is 28.7 Å². The topological polar surface area (TPSA) is 46.2 Å². The van der Waals surface area contributed by atoms with Crippen molar-refractivity contribution in [3.63, 3.8) is 0 Å². The van der Waals surface area contributed by atoms with Crippen molar-refractivity contribution in [2.75, 3.05) is 0 Å². The van der Waals surface area contributed by atoms with Crippen LogP contribution in [0.4, 0.5) is 8.78 Å². The fraction of sp³-hybridized carbons (Fsp3) is 0.250. The van der Waals surface area contributed by atoms with Gasteiger partial charge in [0.05, 0.1) is 0 Å². The average Bonchev–Trinajstić information content (AvgIpc) is 2.16. The molecule has 0 atom stereocenters. The van der Waals surface area contributed by atoms with Gasteiger partial charge in [-0.05, 0) is 11.6 Å². The quantitative estimate of drug-likeness (QED) is 0.925. The summed E-state index contributed by atoms with van der Waals surface area (Å²) in [6.45, 7) is -0.159. The molecule has 0 unspecified atom stereocenters. The molecule has 0 saturated heterocycles. The number of sulfonamides is 1. The minimum atomic E-state index is -4.52. The lowest BCUT2D eigenvalue weighted by molar-refractivity contribution is 0.232. The average molecular weight is 300 g/mol. The second-order valence-corrected chi connectivity index (χ2v) is 5.31. The molecule has 0 aliphatic heterocycles. The van der Waals surface area contributed by atoms with Crippen LogP contribution in [-0.2, 0) is 16.6 Å². The van der Waals surface area contributed by atoms with Crippen molar-refractivity contribution in [1.82, 2.24) is 4.72 Å². The highest BCUT2D eigenvalue weighted by Crippen LogP contribution is 2.16. The normalized spacial score (nSPS) is 12.0. The van der Waals surface area contributed by atoms with Gasteiger partial charge in [0.1, 0.15) is 0 Å². The van der Waals surface area contributed by atoms with Gasteiger partial charge in [0.2, 0.25) is 0 Å². The number of alkyl halides is 2. The van der Waals surface area contributed by atoms with Crippen molar-refractivity contribution in [1.29, 1.82) is 0 Å². The summed E-state index contributed by atoms with van der Waals surface area (Å²) in [5, 5.41) is 0. The number of hydrogen-bond donors (Lipinski definition) is 1. The summed E-state index contributed by atoms with van der Waals surface area (Å²) in [4.78, 5) is 0. The summed E-state index contributed by atoms with van der Waals surface area (Å²) in [7, 11) is -4.52. The predicted octanol–water partition coefficient (Wildman–Crippen LogP) is 2.09. The van der Waals surface area contributed by atoms with Crippen LogP contribution in [0.25, 0.3) is 0 Å². The molecule has 0 fully saturated rings. The van der Waals surface area contributed by atoms with Crippen molar-refractivity contribution in [2.24, 2.45) is 0 Å². The molecule has 84 valence electrons. The molecule has 0 aliphatic carbocycles. The minimum Gasteiger partial charge on any atom is -0.206 e. The van der Waals surface area contributed by atoms with Crippen LogP contribution in [0, 0.1) is 0 Å². The van der Waals surface area contributed by atoms with Gasteiger partial charge < -0.3 is 0 Å². The molecule has 1 aromatic rings. The first-order valence-corrected chi connectivity index (χ1v) is 6.27. The summed E-state index contributed by atoms with van der Waals surface area (Å²) >= 11 is 3.18. The van der Waals surface area contributed by atoms with Crippen molar-refractivity contribution in [3.8, 4) is 0 Å². The summed E-state index contributed by atoms with van der Waals surface area (Å²) < 4.78 is 47.9. The van der Waals surface area contributed by atoms with Gasteiger partial charge in [0.25, 0.3) is 10.0 Å². The van der Waals surface area contributed by atoms with E-state index in [2.05, 4.69) is 15.9 Å². The Labute approximate surface area is 94.7 Å². The largest absolute Gasteiger partial charge is 0.350 e. The van der Waals surface area contributed by atoms with E-state index in [4.69, 9.17) is 0 Å². The molecule has 15 heavy (non-hydrogen) atoms. The summed E-state index contributed by atoms with van der Waals surface area (Å²) in [6, 6.07) is 6.77. The van der Waals surface area contributed by atoms with Crippen LogP contribution in [0.2, 0.25) is 0 Å². The van der Waals surface area contributed by atoms with Crippen LogP contribution in [0.3, 0.4) is 0 Å². The van der Waals surface area contributed by atoms with E-state index in [1.807, 2.05) is 4.72 Å². The Morgan fingerprint density at radius 1 is 1.33 bits per heavy atom. The van der Waals surface area contributed by atoms with Crippen molar-refractivity contribution in [3.05, 3.63) is 34.3 Å². The summed E-state index contributed by atoms with van der Waals surface area (Å²) in [5.41, 5.74) is 0.599. The predicted molar refractivity (Wildman–Crippen MR) is 55.9 cm³/mol. The molecule has 0 radical (unpaired) electrons. The van der Waals surface area contributed by atoms with Gasteiger partial charge in [-0.3, -0.25) is 0 Å². The van der Waals surface area contributed by atoms with E-state index >= 15 is 0 Å². The molecule has 3 nitrogen and oxygen atoms in total. The number of hydrogen-bond acceptors (Lipinski definition) is 2. The Kier molecular flexibility index (Phi) is 4.18. The SMILES string of the molecule is O=S(=O)(NCc1ccccc1Br)C(F)F. The molecule has 0 saturated carbocycles. The Balaban J connectivity index is 2.70. The van der Waals surface area contributed by atoms with Crippen LogP contribution in [0.5, 0.6) is 0 Å². The lowest BCUT2D eigenvalue weighted by atomic mass is 10.2. The third-order valence-corrected chi connectivity index (χ3v) is 3.45. The first kappa shape index (κ1) is 12.5. The molecule has 0 spiro atoms. The van der Waals surface area contributed by atoms with E-state index in [0.717, 1.165) is 0 Å². The first-order valence-electron chi connectivity index (χ1n) is 3.93. The third kappa shape index (κ3) is 3.51. The van der Waals surface area contributed by atoms with Crippen LogP contribution in [0.1, 0.15) is 5.56 Å². The number of benzene rings is 1. The number of halogens is 3. The van der Waals surface area contributed by atoms with E-state index in [-0.39, 0.29) is 6.54 Å². The minimum absolute atomic E-state index is 0.159. The van der Waals surface area contributed by atoms with Gasteiger partial charge in [-0.15, -0.1) is 0 Å². The molecule has 0 amide bonds. The molecular formula is C8H8BrF2NO2S. The van der Waals surface area contributed by atoms with E-state index < -0.39 is 15.8 Å². The maximum Gasteiger partial charge on any atom is 0.350 e. The lowest BCUT2D eigenvalue weighted by Gasteiger charge is -2.06. The Morgan fingerprint density at radius 3 is 2.47 bits per heavy atom. The van der Waals surface area contributed by atoms with E-state index in [9.17, 15) is 17.2 Å². The van der Waals surface area contributed by atoms with Gasteiger partial charge in [-0.2, -0.15) is 8.78 Å². The summed E-state index contributed by atoms with van der Waals surface area (Å²) in [6.07, 6.45) is 0. The van der Waals surface area contributed by atoms with Gasteiger partial charge >= 0.3 is 5.76 Å². The maximum absolute atomic E-state index is 12.0. The van der Waals surface area contributed by atoms with Gasteiger partial charge in [-0.25, -0.2) is 13.1 Å². The van der Waals surface area contributed by atoms with E-state index in [1.54, 1.807) is 24.3 Å². The highest BCUT2D eigenvalue weighted by Gasteiger charge is 2.23. The van der Waals surface area contributed by atoms with E-state index in [1.165, 1.54) is 0 Å². The van der Waals surface area contributed by atoms with Gasteiger partial charge in [0.15, 0.2) is 0 Å². The first-order chi connectivity index (χ1) is 6.93. The molecule has 1 rings (SSSR count). The highest BCUT2D eigenvalue weighted by atomic mass is 79.9. The molecular weight excluding hydrogens is 292 g/mol. The Morgan fingerprint density at radius 2 is 1.93 bits per heavy atom. The standard InChI is InChI=1S/C8H8BrF2NO2S/c9-7-4-2-1-3-6(7)5-12-15(13,14)8(10)11/h1-4,8,12H,5H2. The van der Waals surface area contributed by atoms with Crippen LogP contribution in [-0.4, -0.2) is 14.2 Å². The highest BCUT2D eigenvalue weighted by molar-refractivity contribution is 9.10. The number of nitrogens with one attached hydrogen (secondary N) is 1. The molecule has 0 heterocycles. The summed E-state index contributed by atoms with van der Waals surface area (Å²) in [5.74, 6) is -3.40. The zero-order chi connectivity index (χ0) is 11.5. The smallest absolute Gasteiger partial charge is 0.206 e. The molecule has 1 aromatic carbocycles. The molecule has 7 heteroatoms. The van der Waals surface area contributed by atoms with E-state index in [0.29, 0.717) is 10.0 Å². The van der Waals surface area contributed by atoms with Gasteiger partial charge in [-0.1, -0.05) is 34.1 Å². The zero-order valence-electron chi connectivity index (χ0n) is 7.45. The third-order valence-electron chi connectivity index (χ3n) is 1.66. The molecule has 0 aliphatic rings. The van der Waals surface area contributed by atoms with Gasteiger partial charge in [0, 0.05) is 11.0 Å². The second-order valence-electron chi connectivity index (χ2n) is 2.72. The molecule has 1 N–H and O–H groups in total. The van der Waals surface area contributed by atoms with Crippen molar-refractivity contribution in [2.45, 2.75) is 12.3 Å². The molecule has 0 bridgehead atoms. The second kappa shape index (κ2) is 5.00. The van der Waals surface area contributed by atoms with Crippen LogP contribution >= 0.6 is 15.9 Å².